The van der Waals surface area contributed by atoms with Crippen molar-refractivity contribution in [3.8, 4) is 16.9 Å². The van der Waals surface area contributed by atoms with Crippen molar-refractivity contribution in [3.05, 3.63) is 58.1 Å². The Morgan fingerprint density at radius 2 is 1.77 bits per heavy atom. The molecular weight excluding hydrogens is 432 g/mol. The smallest absolute Gasteiger partial charge is 0.127 e. The van der Waals surface area contributed by atoms with Crippen molar-refractivity contribution < 1.29 is 4.74 Å². The minimum Gasteiger partial charge on any atom is -0.496 e. The summed E-state index contributed by atoms with van der Waals surface area (Å²) in [5, 5.41) is 9.25. The molecule has 2 aromatic rings. The van der Waals surface area contributed by atoms with Crippen molar-refractivity contribution in [2.75, 3.05) is 7.11 Å². The molecule has 1 aromatic carbocycles. The van der Waals surface area contributed by atoms with Crippen LogP contribution in [0, 0.1) is 13.8 Å². The molecule has 3 heterocycles. The van der Waals surface area contributed by atoms with Gasteiger partial charge in [0.05, 0.1) is 18.5 Å². The van der Waals surface area contributed by atoms with Crippen molar-refractivity contribution in [1.82, 2.24) is 4.98 Å². The van der Waals surface area contributed by atoms with Crippen LogP contribution in [0.15, 0.2) is 45.2 Å². The number of nitrogens with zero attached hydrogens (tertiary/aromatic N) is 4. The van der Waals surface area contributed by atoms with Crippen LogP contribution in [0.2, 0.25) is 0 Å². The first-order valence-corrected chi connectivity index (χ1v) is 13.0. The molecule has 2 aliphatic rings. The summed E-state index contributed by atoms with van der Waals surface area (Å²) in [6.07, 6.45) is 9.79. The molecule has 0 fully saturated rings. The molecule has 35 heavy (non-hydrogen) atoms. The van der Waals surface area contributed by atoms with E-state index in [0.717, 1.165) is 85.5 Å². The van der Waals surface area contributed by atoms with Crippen molar-refractivity contribution in [2.45, 2.75) is 86.0 Å². The van der Waals surface area contributed by atoms with Gasteiger partial charge in [-0.2, -0.15) is 10.2 Å². The van der Waals surface area contributed by atoms with Crippen LogP contribution in [0.5, 0.6) is 5.75 Å². The Morgan fingerprint density at radius 3 is 2.46 bits per heavy atom. The van der Waals surface area contributed by atoms with E-state index in [1.807, 2.05) is 6.20 Å². The molecule has 5 nitrogen and oxygen atoms in total. The predicted molar refractivity (Wildman–Crippen MR) is 147 cm³/mol. The van der Waals surface area contributed by atoms with Crippen LogP contribution < -0.4 is 4.74 Å². The molecule has 0 amide bonds. The quantitative estimate of drug-likeness (QED) is 0.384. The number of methoxy groups -OCH3 is 1. The van der Waals surface area contributed by atoms with E-state index in [-0.39, 0.29) is 0 Å². The monoisotopic (exact) mass is 470 g/mol. The number of unbranched alkanes of at least 4 members (excludes halogenated alkanes) is 1. The van der Waals surface area contributed by atoms with Gasteiger partial charge in [-0.25, -0.2) is 0 Å². The predicted octanol–water partition coefficient (Wildman–Crippen LogP) is 7.36. The molecule has 0 unspecified atom stereocenters. The molecule has 0 aliphatic carbocycles. The first-order valence-electron chi connectivity index (χ1n) is 13.0. The number of aryl methyl sites for hydroxylation is 3. The summed E-state index contributed by atoms with van der Waals surface area (Å²) >= 11 is 0. The fourth-order valence-electron chi connectivity index (χ4n) is 5.21. The molecule has 0 saturated heterocycles. The van der Waals surface area contributed by atoms with Crippen molar-refractivity contribution >= 4 is 17.1 Å². The third-order valence-electron chi connectivity index (χ3n) is 7.09. The highest BCUT2D eigenvalue weighted by molar-refractivity contribution is 6.20. The molecule has 4 rings (SSSR count). The van der Waals surface area contributed by atoms with Gasteiger partial charge in [0, 0.05) is 52.8 Å². The first kappa shape index (κ1) is 25.0. The summed E-state index contributed by atoms with van der Waals surface area (Å²) in [6.45, 7) is 10.9. The van der Waals surface area contributed by atoms with E-state index in [9.17, 15) is 0 Å². The zero-order valence-electron chi connectivity index (χ0n) is 22.2. The van der Waals surface area contributed by atoms with Crippen molar-refractivity contribution in [1.29, 1.82) is 0 Å². The third kappa shape index (κ3) is 5.29. The SMILES string of the molecule is CCCCc1nc(C)c(C2=NN=C(CC3=NC=C(C)CC3)C2)c(C)c1-c1c(CC)cccc1OC. The Hall–Kier alpha value is -3.08. The summed E-state index contributed by atoms with van der Waals surface area (Å²) in [7, 11) is 1.76. The van der Waals surface area contributed by atoms with Gasteiger partial charge >= 0.3 is 0 Å². The lowest BCUT2D eigenvalue weighted by molar-refractivity contribution is 0.416. The van der Waals surface area contributed by atoms with Gasteiger partial charge < -0.3 is 4.74 Å². The molecule has 0 saturated carbocycles. The fraction of sp³-hybridized carbons (Fsp3) is 0.467. The van der Waals surface area contributed by atoms with Crippen LogP contribution in [0.3, 0.4) is 0 Å². The molecule has 5 heteroatoms. The van der Waals surface area contributed by atoms with Crippen LogP contribution >= 0.6 is 0 Å². The lowest BCUT2D eigenvalue weighted by atomic mass is 9.86. The maximum Gasteiger partial charge on any atom is 0.127 e. The van der Waals surface area contributed by atoms with Crippen molar-refractivity contribution in [2.24, 2.45) is 15.2 Å². The number of pyridine rings is 1. The number of aromatic nitrogens is 1. The Balaban J connectivity index is 1.74. The van der Waals surface area contributed by atoms with Gasteiger partial charge in [0.15, 0.2) is 0 Å². The second-order valence-electron chi connectivity index (χ2n) is 9.71. The van der Waals surface area contributed by atoms with E-state index in [1.54, 1.807) is 7.11 Å². The number of allylic oxidation sites excluding steroid dienone is 1. The Kier molecular flexibility index (Phi) is 7.94. The standard InChI is InChI=1S/C30H38N4O/c1-7-9-12-25-29(30-22(8-2)11-10-13-27(30)35-6)20(4)28(21(5)32-25)26-17-24(33-34-26)16-23-15-14-19(3)18-31-23/h10-11,13,18H,7-9,12,14-17H2,1-6H3. The molecule has 0 N–H and O–H groups in total. The lowest BCUT2D eigenvalue weighted by Gasteiger charge is -2.22. The topological polar surface area (TPSA) is 59.2 Å². The highest BCUT2D eigenvalue weighted by atomic mass is 16.5. The zero-order valence-corrected chi connectivity index (χ0v) is 22.2. The molecular formula is C30H38N4O. The van der Waals surface area contributed by atoms with Gasteiger partial charge in [-0.15, -0.1) is 0 Å². The number of ether oxygens (including phenoxy) is 1. The van der Waals surface area contributed by atoms with Gasteiger partial charge in [-0.1, -0.05) is 38.0 Å². The summed E-state index contributed by atoms with van der Waals surface area (Å²) in [5.74, 6) is 0.908. The van der Waals surface area contributed by atoms with Gasteiger partial charge in [-0.05, 0) is 70.1 Å². The average Bonchev–Trinajstić information content (AvgIpc) is 3.31. The summed E-state index contributed by atoms with van der Waals surface area (Å²) in [5.41, 5.74) is 12.9. The van der Waals surface area contributed by atoms with E-state index in [4.69, 9.17) is 9.72 Å². The van der Waals surface area contributed by atoms with E-state index in [2.05, 4.69) is 68.0 Å². The largest absolute Gasteiger partial charge is 0.496 e. The minimum atomic E-state index is 0.755. The van der Waals surface area contributed by atoms with Crippen LogP contribution in [0.1, 0.15) is 87.4 Å². The molecule has 0 atom stereocenters. The van der Waals surface area contributed by atoms with Crippen LogP contribution in [-0.2, 0) is 12.8 Å². The number of aliphatic imine (C=N–C) groups is 1. The molecule has 2 aliphatic heterocycles. The second kappa shape index (κ2) is 11.1. The average molecular weight is 471 g/mol. The number of rotatable bonds is 9. The maximum absolute atomic E-state index is 5.86. The van der Waals surface area contributed by atoms with E-state index in [1.165, 1.54) is 33.5 Å². The Morgan fingerprint density at radius 1 is 0.943 bits per heavy atom. The molecule has 184 valence electrons. The van der Waals surface area contributed by atoms with Gasteiger partial charge in [0.2, 0.25) is 0 Å². The fourth-order valence-corrected chi connectivity index (χ4v) is 5.21. The van der Waals surface area contributed by atoms with Gasteiger partial charge in [0.25, 0.3) is 0 Å². The lowest BCUT2D eigenvalue weighted by Crippen LogP contribution is -2.15. The Bertz CT molecular complexity index is 1210. The minimum absolute atomic E-state index is 0.755. The van der Waals surface area contributed by atoms with Crippen LogP contribution in [0.25, 0.3) is 11.1 Å². The number of hydrogen-bond donors (Lipinski definition) is 0. The van der Waals surface area contributed by atoms with Gasteiger partial charge in [0.1, 0.15) is 5.75 Å². The number of hydrogen-bond acceptors (Lipinski definition) is 5. The molecule has 0 bridgehead atoms. The van der Waals surface area contributed by atoms with E-state index >= 15 is 0 Å². The summed E-state index contributed by atoms with van der Waals surface area (Å²) in [6, 6.07) is 6.35. The Labute approximate surface area is 210 Å². The van der Waals surface area contributed by atoms with Crippen LogP contribution in [0.4, 0.5) is 0 Å². The first-order chi connectivity index (χ1) is 17.0. The highest BCUT2D eigenvalue weighted by Gasteiger charge is 2.26. The molecule has 0 radical (unpaired) electrons. The zero-order chi connectivity index (χ0) is 24.9. The molecule has 0 spiro atoms. The highest BCUT2D eigenvalue weighted by Crippen LogP contribution is 2.40. The summed E-state index contributed by atoms with van der Waals surface area (Å²) < 4.78 is 5.86. The van der Waals surface area contributed by atoms with E-state index in [0.29, 0.717) is 0 Å². The van der Waals surface area contributed by atoms with Crippen LogP contribution in [-0.4, -0.2) is 29.2 Å². The van der Waals surface area contributed by atoms with E-state index < -0.39 is 0 Å². The molecule has 1 aromatic heterocycles. The number of benzene rings is 1. The normalized spacial score (nSPS) is 15.5. The maximum atomic E-state index is 5.86. The second-order valence-corrected chi connectivity index (χ2v) is 9.71. The van der Waals surface area contributed by atoms with Gasteiger partial charge in [-0.3, -0.25) is 9.98 Å². The summed E-state index contributed by atoms with van der Waals surface area (Å²) in [4.78, 5) is 9.81. The van der Waals surface area contributed by atoms with Crippen molar-refractivity contribution in [3.63, 3.8) is 0 Å². The third-order valence-corrected chi connectivity index (χ3v) is 7.09.